The lowest BCUT2D eigenvalue weighted by atomic mass is 10.1. The summed E-state index contributed by atoms with van der Waals surface area (Å²) in [7, 11) is 3.12. The molecule has 28 heavy (non-hydrogen) atoms. The van der Waals surface area contributed by atoms with Crippen molar-refractivity contribution in [2.24, 2.45) is 0 Å². The van der Waals surface area contributed by atoms with Gasteiger partial charge in [-0.2, -0.15) is 0 Å². The second kappa shape index (κ2) is 8.39. The monoisotopic (exact) mass is 398 g/mol. The molecule has 1 aliphatic rings. The highest BCUT2D eigenvalue weighted by atomic mass is 32.2. The SMILES string of the molecule is COc1ccc(OC)c(/C=C2\SC(=O)N(CNc3ccc(C)c(C)c3)C2=O)c1. The first-order chi connectivity index (χ1) is 13.4. The smallest absolute Gasteiger partial charge is 0.295 e. The second-order valence-corrected chi connectivity index (χ2v) is 7.34. The minimum atomic E-state index is -0.337. The topological polar surface area (TPSA) is 67.9 Å². The van der Waals surface area contributed by atoms with Crippen LogP contribution in [0.4, 0.5) is 10.5 Å². The first kappa shape index (κ1) is 19.8. The Kier molecular flexibility index (Phi) is 5.94. The summed E-state index contributed by atoms with van der Waals surface area (Å²) in [5, 5.41) is 2.83. The summed E-state index contributed by atoms with van der Waals surface area (Å²) in [5.74, 6) is 0.903. The lowest BCUT2D eigenvalue weighted by molar-refractivity contribution is -0.122. The summed E-state index contributed by atoms with van der Waals surface area (Å²) < 4.78 is 10.6. The summed E-state index contributed by atoms with van der Waals surface area (Å²) in [6.45, 7) is 4.16. The summed E-state index contributed by atoms with van der Waals surface area (Å²) in [5.41, 5.74) is 3.87. The number of hydrogen-bond acceptors (Lipinski definition) is 6. The maximum atomic E-state index is 12.7. The van der Waals surface area contributed by atoms with Crippen LogP contribution in [0.25, 0.3) is 6.08 Å². The van der Waals surface area contributed by atoms with Crippen LogP contribution in [0.2, 0.25) is 0 Å². The summed E-state index contributed by atoms with van der Waals surface area (Å²) >= 11 is 0.912. The maximum Gasteiger partial charge on any atom is 0.295 e. The highest BCUT2D eigenvalue weighted by Crippen LogP contribution is 2.35. The van der Waals surface area contributed by atoms with Gasteiger partial charge >= 0.3 is 0 Å². The molecule has 1 N–H and O–H groups in total. The number of benzene rings is 2. The molecular formula is C21H22N2O4S. The first-order valence-electron chi connectivity index (χ1n) is 8.71. The number of nitrogens with zero attached hydrogens (tertiary/aromatic N) is 1. The molecule has 0 spiro atoms. The lowest BCUT2D eigenvalue weighted by Gasteiger charge is -2.15. The average molecular weight is 398 g/mol. The van der Waals surface area contributed by atoms with Crippen LogP contribution in [0.15, 0.2) is 41.3 Å². The number of anilines is 1. The molecule has 3 rings (SSSR count). The van der Waals surface area contributed by atoms with Crippen LogP contribution in [0.3, 0.4) is 0 Å². The van der Waals surface area contributed by atoms with E-state index in [4.69, 9.17) is 9.47 Å². The molecule has 1 heterocycles. The molecule has 0 atom stereocenters. The van der Waals surface area contributed by atoms with Gasteiger partial charge < -0.3 is 14.8 Å². The molecule has 0 saturated carbocycles. The average Bonchev–Trinajstić information content (AvgIpc) is 2.95. The van der Waals surface area contributed by atoms with E-state index < -0.39 is 0 Å². The van der Waals surface area contributed by atoms with Gasteiger partial charge in [0.1, 0.15) is 11.5 Å². The Hall–Kier alpha value is -2.93. The first-order valence-corrected chi connectivity index (χ1v) is 9.53. The van der Waals surface area contributed by atoms with Crippen LogP contribution in [0.5, 0.6) is 11.5 Å². The molecule has 1 aliphatic heterocycles. The van der Waals surface area contributed by atoms with Crippen LogP contribution in [-0.4, -0.2) is 36.9 Å². The summed E-state index contributed by atoms with van der Waals surface area (Å²) in [4.78, 5) is 26.6. The van der Waals surface area contributed by atoms with Crippen LogP contribution < -0.4 is 14.8 Å². The van der Waals surface area contributed by atoms with Crippen LogP contribution >= 0.6 is 11.8 Å². The van der Waals surface area contributed by atoms with Gasteiger partial charge in [0.2, 0.25) is 0 Å². The van der Waals surface area contributed by atoms with Gasteiger partial charge in [0.15, 0.2) is 0 Å². The van der Waals surface area contributed by atoms with Crippen molar-refractivity contribution < 1.29 is 19.1 Å². The Bertz CT molecular complexity index is 955. The van der Waals surface area contributed by atoms with E-state index in [0.29, 0.717) is 22.0 Å². The van der Waals surface area contributed by atoms with Gasteiger partial charge in [-0.15, -0.1) is 0 Å². The van der Waals surface area contributed by atoms with E-state index >= 15 is 0 Å². The third-order valence-electron chi connectivity index (χ3n) is 4.55. The maximum absolute atomic E-state index is 12.7. The van der Waals surface area contributed by atoms with Gasteiger partial charge in [0.25, 0.3) is 11.1 Å². The van der Waals surface area contributed by atoms with E-state index in [-0.39, 0.29) is 17.8 Å². The van der Waals surface area contributed by atoms with Crippen molar-refractivity contribution in [1.29, 1.82) is 0 Å². The van der Waals surface area contributed by atoms with Crippen molar-refractivity contribution in [2.45, 2.75) is 13.8 Å². The Morgan fingerprint density at radius 3 is 2.50 bits per heavy atom. The number of aryl methyl sites for hydroxylation is 2. The number of rotatable bonds is 6. The van der Waals surface area contributed by atoms with Gasteiger partial charge in [0, 0.05) is 11.3 Å². The van der Waals surface area contributed by atoms with E-state index in [9.17, 15) is 9.59 Å². The standard InChI is InChI=1S/C21H22N2O4S/c1-13-5-6-16(9-14(13)2)22-12-23-20(24)19(28-21(23)25)11-15-10-17(26-3)7-8-18(15)27-4/h5-11,22H,12H2,1-4H3/b19-11-. The lowest BCUT2D eigenvalue weighted by Crippen LogP contribution is -2.33. The highest BCUT2D eigenvalue weighted by Gasteiger charge is 2.35. The van der Waals surface area contributed by atoms with Crippen molar-refractivity contribution in [3.05, 3.63) is 58.0 Å². The predicted octanol–water partition coefficient (Wildman–Crippen LogP) is 4.43. The van der Waals surface area contributed by atoms with Crippen molar-refractivity contribution in [3.8, 4) is 11.5 Å². The van der Waals surface area contributed by atoms with E-state index in [0.717, 1.165) is 23.0 Å². The molecule has 1 fully saturated rings. The van der Waals surface area contributed by atoms with E-state index in [2.05, 4.69) is 5.32 Å². The third kappa shape index (κ3) is 4.14. The van der Waals surface area contributed by atoms with E-state index in [1.807, 2.05) is 32.0 Å². The van der Waals surface area contributed by atoms with Crippen molar-refractivity contribution >= 4 is 34.7 Å². The molecule has 0 aromatic heterocycles. The molecule has 146 valence electrons. The zero-order valence-electron chi connectivity index (χ0n) is 16.2. The fourth-order valence-electron chi connectivity index (χ4n) is 2.75. The molecule has 7 heteroatoms. The molecule has 0 unspecified atom stereocenters. The number of imide groups is 1. The Labute approximate surface area is 168 Å². The van der Waals surface area contributed by atoms with Gasteiger partial charge in [-0.05, 0) is 73.1 Å². The zero-order valence-corrected chi connectivity index (χ0v) is 17.1. The quantitative estimate of drug-likeness (QED) is 0.726. The van der Waals surface area contributed by atoms with E-state index in [1.54, 1.807) is 38.5 Å². The number of hydrogen-bond donors (Lipinski definition) is 1. The largest absolute Gasteiger partial charge is 0.497 e. The zero-order chi connectivity index (χ0) is 20.3. The molecular weight excluding hydrogens is 376 g/mol. The van der Waals surface area contributed by atoms with Crippen LogP contribution in [-0.2, 0) is 4.79 Å². The van der Waals surface area contributed by atoms with E-state index in [1.165, 1.54) is 10.5 Å². The van der Waals surface area contributed by atoms with Crippen molar-refractivity contribution in [3.63, 3.8) is 0 Å². The van der Waals surface area contributed by atoms with Gasteiger partial charge in [-0.25, -0.2) is 0 Å². The third-order valence-corrected chi connectivity index (χ3v) is 5.45. The van der Waals surface area contributed by atoms with Gasteiger partial charge in [-0.1, -0.05) is 6.07 Å². The molecule has 1 saturated heterocycles. The normalized spacial score (nSPS) is 15.3. The number of ether oxygens (including phenoxy) is 2. The van der Waals surface area contributed by atoms with Crippen LogP contribution in [0.1, 0.15) is 16.7 Å². The van der Waals surface area contributed by atoms with Crippen molar-refractivity contribution in [1.82, 2.24) is 4.90 Å². The Morgan fingerprint density at radius 2 is 1.82 bits per heavy atom. The number of amides is 2. The van der Waals surface area contributed by atoms with Crippen LogP contribution in [0, 0.1) is 13.8 Å². The number of methoxy groups -OCH3 is 2. The molecule has 0 radical (unpaired) electrons. The number of thioether (sulfide) groups is 1. The molecule has 2 amide bonds. The fraction of sp³-hybridized carbons (Fsp3) is 0.238. The van der Waals surface area contributed by atoms with Gasteiger partial charge in [-0.3, -0.25) is 14.5 Å². The molecule has 2 aromatic rings. The number of carbonyl (C=O) groups excluding carboxylic acids is 2. The highest BCUT2D eigenvalue weighted by molar-refractivity contribution is 8.18. The van der Waals surface area contributed by atoms with Gasteiger partial charge in [0.05, 0.1) is 25.8 Å². The minimum Gasteiger partial charge on any atom is -0.497 e. The second-order valence-electron chi connectivity index (χ2n) is 6.35. The predicted molar refractivity (Wildman–Crippen MR) is 112 cm³/mol. The summed E-state index contributed by atoms with van der Waals surface area (Å²) in [6, 6.07) is 11.2. The Morgan fingerprint density at radius 1 is 1.04 bits per heavy atom. The summed E-state index contributed by atoms with van der Waals surface area (Å²) in [6.07, 6.45) is 1.66. The molecule has 2 aromatic carbocycles. The number of nitrogens with one attached hydrogen (secondary N) is 1. The fourth-order valence-corrected chi connectivity index (χ4v) is 3.58. The molecule has 6 nitrogen and oxygen atoms in total. The number of carbonyl (C=O) groups is 2. The van der Waals surface area contributed by atoms with Crippen molar-refractivity contribution in [2.75, 3.05) is 26.2 Å². The Balaban J connectivity index is 1.78. The molecule has 0 bridgehead atoms. The minimum absolute atomic E-state index is 0.111. The molecule has 0 aliphatic carbocycles.